The molecule has 166 valence electrons. The van der Waals surface area contributed by atoms with Crippen molar-refractivity contribution in [1.29, 1.82) is 0 Å². The van der Waals surface area contributed by atoms with Crippen LogP contribution in [0.2, 0.25) is 5.02 Å². The number of carbonyl (C=O) groups is 1. The number of fused-ring (bicyclic) bond motifs is 2. The Morgan fingerprint density at radius 2 is 1.73 bits per heavy atom. The van der Waals surface area contributed by atoms with Crippen molar-refractivity contribution in [3.05, 3.63) is 82.4 Å². The zero-order chi connectivity index (χ0) is 22.4. The Bertz CT molecular complexity index is 1350. The topological polar surface area (TPSA) is 48.1 Å². The second-order valence-corrected chi connectivity index (χ2v) is 9.51. The number of amides is 1. The highest BCUT2D eigenvalue weighted by atomic mass is 35.5. The van der Waals surface area contributed by atoms with E-state index >= 15 is 0 Å². The maximum Gasteiger partial charge on any atom is 0.252 e. The standard InChI is InChI=1S/C28H26ClN3O/c29-27-21(19-7-3-1-4-8-19)15-22(26-23(27)16-30-28(26)33)25-14-20-13-18(9-10-24(20)31-25)17-32-11-5-2-6-12-32/h1,3-4,7-10,13-15,31H,2,5-6,11-12,16-17H2,(H,30,33). The molecular formula is C28H26ClN3O. The number of rotatable bonds is 4. The molecule has 4 nitrogen and oxygen atoms in total. The van der Waals surface area contributed by atoms with E-state index in [-0.39, 0.29) is 5.91 Å². The lowest BCUT2D eigenvalue weighted by atomic mass is 9.93. The quantitative estimate of drug-likeness (QED) is 0.375. The summed E-state index contributed by atoms with van der Waals surface area (Å²) in [6.45, 7) is 3.82. The summed E-state index contributed by atoms with van der Waals surface area (Å²) in [5.74, 6) is -0.0639. The SMILES string of the molecule is O=C1NCc2c(Cl)c(-c3ccccc3)cc(-c3cc4cc(CN5CCCCC5)ccc4[nH]3)c21. The van der Waals surface area contributed by atoms with Crippen LogP contribution in [0.1, 0.15) is 40.7 Å². The largest absolute Gasteiger partial charge is 0.355 e. The molecule has 1 aromatic heterocycles. The number of piperidine rings is 1. The predicted molar refractivity (Wildman–Crippen MR) is 134 cm³/mol. The van der Waals surface area contributed by atoms with Gasteiger partial charge >= 0.3 is 0 Å². The Morgan fingerprint density at radius 3 is 2.55 bits per heavy atom. The number of nitrogens with one attached hydrogen (secondary N) is 2. The molecule has 0 saturated carbocycles. The molecule has 33 heavy (non-hydrogen) atoms. The van der Waals surface area contributed by atoms with Gasteiger partial charge in [0.2, 0.25) is 0 Å². The minimum Gasteiger partial charge on any atom is -0.355 e. The molecule has 5 heteroatoms. The fourth-order valence-corrected chi connectivity index (χ4v) is 5.56. The molecule has 0 radical (unpaired) electrons. The maximum atomic E-state index is 12.8. The van der Waals surface area contributed by atoms with Crippen molar-refractivity contribution in [3.63, 3.8) is 0 Å². The first kappa shape index (κ1) is 20.5. The van der Waals surface area contributed by atoms with Crippen LogP contribution in [0.4, 0.5) is 0 Å². The predicted octanol–water partition coefficient (Wildman–Crippen LogP) is 6.38. The van der Waals surface area contributed by atoms with Gasteiger partial charge in [-0.2, -0.15) is 0 Å². The highest BCUT2D eigenvalue weighted by Gasteiger charge is 2.28. The number of carbonyl (C=O) groups excluding carboxylic acids is 1. The molecule has 3 aromatic carbocycles. The molecule has 2 aliphatic heterocycles. The molecule has 1 amide bonds. The van der Waals surface area contributed by atoms with Crippen LogP contribution in [0.15, 0.2) is 60.7 Å². The Kier molecular flexibility index (Phi) is 5.20. The number of H-pyrrole nitrogens is 1. The van der Waals surface area contributed by atoms with Gasteiger partial charge < -0.3 is 10.3 Å². The van der Waals surface area contributed by atoms with Crippen molar-refractivity contribution in [2.75, 3.05) is 13.1 Å². The smallest absolute Gasteiger partial charge is 0.252 e. The van der Waals surface area contributed by atoms with E-state index in [1.807, 2.05) is 18.2 Å². The normalized spacial score (nSPS) is 16.2. The third kappa shape index (κ3) is 3.73. The fraction of sp³-hybridized carbons (Fsp3) is 0.250. The second kappa shape index (κ2) is 8.36. The number of aromatic nitrogens is 1. The molecule has 0 bridgehead atoms. The monoisotopic (exact) mass is 455 g/mol. The number of aromatic amines is 1. The molecular weight excluding hydrogens is 430 g/mol. The Hall–Kier alpha value is -3.08. The van der Waals surface area contributed by atoms with Gasteiger partial charge in [-0.25, -0.2) is 0 Å². The summed E-state index contributed by atoms with van der Waals surface area (Å²) in [7, 11) is 0. The molecule has 1 saturated heterocycles. The zero-order valence-electron chi connectivity index (χ0n) is 18.5. The molecule has 0 aliphatic carbocycles. The van der Waals surface area contributed by atoms with Gasteiger partial charge in [-0.15, -0.1) is 0 Å². The number of hydrogen-bond donors (Lipinski definition) is 2. The van der Waals surface area contributed by atoms with Crippen LogP contribution < -0.4 is 5.32 Å². The van der Waals surface area contributed by atoms with E-state index in [9.17, 15) is 4.79 Å². The summed E-state index contributed by atoms with van der Waals surface area (Å²) in [6, 6.07) is 21.0. The number of nitrogens with zero attached hydrogens (tertiary/aromatic N) is 1. The molecule has 0 atom stereocenters. The minimum atomic E-state index is -0.0639. The summed E-state index contributed by atoms with van der Waals surface area (Å²) in [6.07, 6.45) is 3.94. The van der Waals surface area contributed by atoms with E-state index in [0.29, 0.717) is 17.1 Å². The van der Waals surface area contributed by atoms with Crippen LogP contribution >= 0.6 is 11.6 Å². The average Bonchev–Trinajstić information content (AvgIpc) is 3.45. The van der Waals surface area contributed by atoms with E-state index in [2.05, 4.69) is 57.7 Å². The van der Waals surface area contributed by atoms with Crippen molar-refractivity contribution < 1.29 is 4.79 Å². The first-order chi connectivity index (χ1) is 16.2. The summed E-state index contributed by atoms with van der Waals surface area (Å²) >= 11 is 6.80. The van der Waals surface area contributed by atoms with Crippen molar-refractivity contribution >= 4 is 28.4 Å². The van der Waals surface area contributed by atoms with Crippen LogP contribution in [0.25, 0.3) is 33.3 Å². The lowest BCUT2D eigenvalue weighted by Crippen LogP contribution is -2.28. The number of hydrogen-bond acceptors (Lipinski definition) is 2. The lowest BCUT2D eigenvalue weighted by Gasteiger charge is -2.26. The lowest BCUT2D eigenvalue weighted by molar-refractivity contribution is 0.0966. The van der Waals surface area contributed by atoms with Gasteiger partial charge in [0.05, 0.1) is 10.6 Å². The van der Waals surface area contributed by atoms with Gasteiger partial charge in [-0.1, -0.05) is 54.4 Å². The molecule has 0 unspecified atom stereocenters. The van der Waals surface area contributed by atoms with E-state index in [4.69, 9.17) is 11.6 Å². The van der Waals surface area contributed by atoms with Crippen molar-refractivity contribution in [2.45, 2.75) is 32.4 Å². The highest BCUT2D eigenvalue weighted by Crippen LogP contribution is 2.41. The third-order valence-electron chi connectivity index (χ3n) is 6.93. The molecule has 3 heterocycles. The third-order valence-corrected chi connectivity index (χ3v) is 7.36. The van der Waals surface area contributed by atoms with E-state index in [1.165, 1.54) is 43.3 Å². The van der Waals surface area contributed by atoms with Crippen LogP contribution in [-0.2, 0) is 13.1 Å². The van der Waals surface area contributed by atoms with Crippen LogP contribution in [0, 0.1) is 0 Å². The molecule has 0 spiro atoms. The Morgan fingerprint density at radius 1 is 0.909 bits per heavy atom. The van der Waals surface area contributed by atoms with Crippen LogP contribution in [-0.4, -0.2) is 28.9 Å². The molecule has 4 aromatic rings. The van der Waals surface area contributed by atoms with Crippen molar-refractivity contribution in [3.8, 4) is 22.4 Å². The number of benzene rings is 3. The number of halogens is 1. The Balaban J connectivity index is 1.44. The van der Waals surface area contributed by atoms with Crippen LogP contribution in [0.5, 0.6) is 0 Å². The summed E-state index contributed by atoms with van der Waals surface area (Å²) < 4.78 is 0. The Labute approximate surface area is 198 Å². The highest BCUT2D eigenvalue weighted by molar-refractivity contribution is 6.35. The summed E-state index contributed by atoms with van der Waals surface area (Å²) in [5.41, 5.74) is 7.81. The van der Waals surface area contributed by atoms with Crippen molar-refractivity contribution in [2.24, 2.45) is 0 Å². The fourth-order valence-electron chi connectivity index (χ4n) is 5.24. The summed E-state index contributed by atoms with van der Waals surface area (Å²) in [4.78, 5) is 18.9. The average molecular weight is 456 g/mol. The molecule has 2 aliphatic rings. The first-order valence-corrected chi connectivity index (χ1v) is 12.1. The summed E-state index contributed by atoms with van der Waals surface area (Å²) in [5, 5.41) is 4.78. The minimum absolute atomic E-state index is 0.0639. The molecule has 1 fully saturated rings. The van der Waals surface area contributed by atoms with Gasteiger partial charge in [0.25, 0.3) is 5.91 Å². The van der Waals surface area contributed by atoms with Gasteiger partial charge in [0, 0.05) is 46.4 Å². The van der Waals surface area contributed by atoms with Gasteiger partial charge in [-0.3, -0.25) is 9.69 Å². The van der Waals surface area contributed by atoms with E-state index in [1.54, 1.807) is 0 Å². The first-order valence-electron chi connectivity index (χ1n) is 11.7. The van der Waals surface area contributed by atoms with E-state index in [0.717, 1.165) is 40.0 Å². The van der Waals surface area contributed by atoms with Gasteiger partial charge in [0.15, 0.2) is 0 Å². The van der Waals surface area contributed by atoms with Gasteiger partial charge in [-0.05, 0) is 61.3 Å². The van der Waals surface area contributed by atoms with Gasteiger partial charge in [0.1, 0.15) is 0 Å². The maximum absolute atomic E-state index is 12.8. The van der Waals surface area contributed by atoms with E-state index < -0.39 is 0 Å². The number of likely N-dealkylation sites (tertiary alicyclic amines) is 1. The molecule has 6 rings (SSSR count). The molecule has 2 N–H and O–H groups in total. The van der Waals surface area contributed by atoms with Crippen LogP contribution in [0.3, 0.4) is 0 Å². The second-order valence-electron chi connectivity index (χ2n) is 9.13. The van der Waals surface area contributed by atoms with Crippen molar-refractivity contribution in [1.82, 2.24) is 15.2 Å². The zero-order valence-corrected chi connectivity index (χ0v) is 19.2.